The van der Waals surface area contributed by atoms with Gasteiger partial charge in [0.25, 0.3) is 0 Å². The monoisotopic (exact) mass is 334 g/mol. The van der Waals surface area contributed by atoms with Crippen molar-refractivity contribution in [2.75, 3.05) is 45.8 Å². The Kier molecular flexibility index (Phi) is 12.2. The zero-order valence-electron chi connectivity index (χ0n) is 13.8. The van der Waals surface area contributed by atoms with E-state index in [2.05, 4.69) is 34.7 Å². The molecule has 0 bridgehead atoms. The maximum Gasteiger partial charge on any atom is 0.239 e. The van der Waals surface area contributed by atoms with Gasteiger partial charge in [-0.3, -0.25) is 9.59 Å². The molecule has 0 spiro atoms. The summed E-state index contributed by atoms with van der Waals surface area (Å²) in [6.45, 7) is 10.2. The predicted molar refractivity (Wildman–Crippen MR) is 91.3 cm³/mol. The summed E-state index contributed by atoms with van der Waals surface area (Å²) < 4.78 is 0. The number of nitrogens with zero attached hydrogens (tertiary/aromatic N) is 1. The predicted octanol–water partition coefficient (Wildman–Crippen LogP) is 0.372. The first kappa shape index (κ1) is 21.1. The Balaban J connectivity index is 0.00000441. The van der Waals surface area contributed by atoms with E-state index in [1.165, 1.54) is 0 Å². The average molecular weight is 335 g/mol. The van der Waals surface area contributed by atoms with E-state index >= 15 is 0 Å². The van der Waals surface area contributed by atoms with Crippen LogP contribution in [0, 0.1) is 5.92 Å². The number of carbonyl (C=O) groups is 2. The van der Waals surface area contributed by atoms with Gasteiger partial charge < -0.3 is 20.9 Å². The first-order chi connectivity index (χ1) is 10.1. The lowest BCUT2D eigenvalue weighted by molar-refractivity contribution is -0.126. The summed E-state index contributed by atoms with van der Waals surface area (Å²) in [6.07, 6.45) is 2.30. The highest BCUT2D eigenvalue weighted by atomic mass is 35.5. The molecule has 3 N–H and O–H groups in total. The van der Waals surface area contributed by atoms with Crippen molar-refractivity contribution in [3.63, 3.8) is 0 Å². The zero-order valence-corrected chi connectivity index (χ0v) is 14.6. The van der Waals surface area contributed by atoms with Crippen LogP contribution in [0.4, 0.5) is 0 Å². The standard InChI is InChI=1S/C15H30N4O2.ClH/c1-13(2)4-5-14(20)18-12-15(21)17-6-3-9-19-10-7-16-8-11-19;/h13,16H,3-12H2,1-2H3,(H,17,21)(H,18,20);1H. The molecule has 22 heavy (non-hydrogen) atoms. The summed E-state index contributed by atoms with van der Waals surface area (Å²) in [5.74, 6) is 0.363. The van der Waals surface area contributed by atoms with Crippen LogP contribution in [-0.2, 0) is 9.59 Å². The van der Waals surface area contributed by atoms with E-state index in [1.54, 1.807) is 0 Å². The third-order valence-corrected chi connectivity index (χ3v) is 3.58. The molecule has 0 aliphatic carbocycles. The Morgan fingerprint density at radius 1 is 1.14 bits per heavy atom. The molecule has 0 atom stereocenters. The van der Waals surface area contributed by atoms with Crippen molar-refractivity contribution < 1.29 is 9.59 Å². The molecule has 0 saturated carbocycles. The maximum atomic E-state index is 11.6. The summed E-state index contributed by atoms with van der Waals surface area (Å²) >= 11 is 0. The minimum atomic E-state index is -0.104. The van der Waals surface area contributed by atoms with E-state index in [9.17, 15) is 9.59 Å². The van der Waals surface area contributed by atoms with Crippen molar-refractivity contribution >= 4 is 24.2 Å². The van der Waals surface area contributed by atoms with Crippen LogP contribution in [0.5, 0.6) is 0 Å². The molecule has 0 unspecified atom stereocenters. The molecular formula is C15H31ClN4O2. The SMILES string of the molecule is CC(C)CCC(=O)NCC(=O)NCCCN1CCNCC1.Cl. The third kappa shape index (κ3) is 10.8. The Morgan fingerprint density at radius 2 is 1.82 bits per heavy atom. The molecule has 1 aliphatic heterocycles. The normalized spacial score (nSPS) is 15.2. The van der Waals surface area contributed by atoms with Crippen molar-refractivity contribution in [2.45, 2.75) is 33.1 Å². The minimum absolute atomic E-state index is 0. The van der Waals surface area contributed by atoms with Gasteiger partial charge in [0, 0.05) is 39.1 Å². The fourth-order valence-corrected chi connectivity index (χ4v) is 2.21. The van der Waals surface area contributed by atoms with Crippen LogP contribution in [0.3, 0.4) is 0 Å². The van der Waals surface area contributed by atoms with Crippen LogP contribution in [0.1, 0.15) is 33.1 Å². The van der Waals surface area contributed by atoms with E-state index in [-0.39, 0.29) is 30.8 Å². The van der Waals surface area contributed by atoms with Gasteiger partial charge in [-0.25, -0.2) is 0 Å². The van der Waals surface area contributed by atoms with Crippen molar-refractivity contribution in [1.82, 2.24) is 20.9 Å². The third-order valence-electron chi connectivity index (χ3n) is 3.58. The highest BCUT2D eigenvalue weighted by molar-refractivity contribution is 5.85. The molecule has 0 aromatic carbocycles. The number of hydrogen-bond donors (Lipinski definition) is 3. The molecule has 0 aromatic heterocycles. The average Bonchev–Trinajstić information content (AvgIpc) is 2.48. The van der Waals surface area contributed by atoms with Gasteiger partial charge in [0.05, 0.1) is 6.54 Å². The smallest absolute Gasteiger partial charge is 0.239 e. The van der Waals surface area contributed by atoms with Crippen LogP contribution < -0.4 is 16.0 Å². The Bertz CT molecular complexity index is 321. The molecule has 6 nitrogen and oxygen atoms in total. The second kappa shape index (κ2) is 12.7. The van der Waals surface area contributed by atoms with Gasteiger partial charge in [-0.1, -0.05) is 13.8 Å². The van der Waals surface area contributed by atoms with Gasteiger partial charge in [0.15, 0.2) is 0 Å². The van der Waals surface area contributed by atoms with E-state index in [0.717, 1.165) is 45.6 Å². The molecular weight excluding hydrogens is 304 g/mol. The number of nitrogens with one attached hydrogen (secondary N) is 3. The summed E-state index contributed by atoms with van der Waals surface area (Å²) in [7, 11) is 0. The fourth-order valence-electron chi connectivity index (χ4n) is 2.21. The molecule has 1 saturated heterocycles. The first-order valence-corrected chi connectivity index (χ1v) is 8.04. The number of halogens is 1. The number of rotatable bonds is 9. The molecule has 0 radical (unpaired) electrons. The first-order valence-electron chi connectivity index (χ1n) is 8.04. The Morgan fingerprint density at radius 3 is 2.45 bits per heavy atom. The summed E-state index contributed by atoms with van der Waals surface area (Å²) in [5, 5.41) is 8.82. The molecule has 1 fully saturated rings. The lowest BCUT2D eigenvalue weighted by Gasteiger charge is -2.27. The van der Waals surface area contributed by atoms with Gasteiger partial charge in [0.2, 0.25) is 11.8 Å². The van der Waals surface area contributed by atoms with Crippen LogP contribution in [0.2, 0.25) is 0 Å². The van der Waals surface area contributed by atoms with Crippen LogP contribution >= 0.6 is 12.4 Å². The lowest BCUT2D eigenvalue weighted by atomic mass is 10.1. The van der Waals surface area contributed by atoms with Crippen LogP contribution in [0.25, 0.3) is 0 Å². The molecule has 130 valence electrons. The molecule has 0 aromatic rings. The lowest BCUT2D eigenvalue weighted by Crippen LogP contribution is -2.44. The summed E-state index contributed by atoms with van der Waals surface area (Å²) in [4.78, 5) is 25.5. The van der Waals surface area contributed by atoms with E-state index in [1.807, 2.05) is 0 Å². The number of hydrogen-bond acceptors (Lipinski definition) is 4. The quantitative estimate of drug-likeness (QED) is 0.533. The minimum Gasteiger partial charge on any atom is -0.355 e. The second-order valence-corrected chi connectivity index (χ2v) is 6.00. The van der Waals surface area contributed by atoms with E-state index in [0.29, 0.717) is 18.9 Å². The molecule has 2 amide bonds. The van der Waals surface area contributed by atoms with Crippen molar-refractivity contribution in [2.24, 2.45) is 5.92 Å². The Hall–Kier alpha value is -0.850. The van der Waals surface area contributed by atoms with Gasteiger partial charge in [-0.15, -0.1) is 12.4 Å². The Labute approximate surface area is 140 Å². The number of piperazine rings is 1. The number of amides is 2. The second-order valence-electron chi connectivity index (χ2n) is 6.00. The zero-order chi connectivity index (χ0) is 15.5. The van der Waals surface area contributed by atoms with E-state index < -0.39 is 0 Å². The summed E-state index contributed by atoms with van der Waals surface area (Å²) in [6, 6.07) is 0. The topological polar surface area (TPSA) is 73.5 Å². The van der Waals surface area contributed by atoms with Gasteiger partial charge in [-0.2, -0.15) is 0 Å². The highest BCUT2D eigenvalue weighted by Crippen LogP contribution is 2.02. The molecule has 1 aliphatic rings. The van der Waals surface area contributed by atoms with Crippen LogP contribution in [-0.4, -0.2) is 62.5 Å². The molecule has 7 heteroatoms. The molecule has 1 rings (SSSR count). The van der Waals surface area contributed by atoms with Crippen molar-refractivity contribution in [1.29, 1.82) is 0 Å². The van der Waals surface area contributed by atoms with Crippen molar-refractivity contribution in [3.8, 4) is 0 Å². The maximum absolute atomic E-state index is 11.6. The largest absolute Gasteiger partial charge is 0.355 e. The van der Waals surface area contributed by atoms with Gasteiger partial charge in [0.1, 0.15) is 0 Å². The van der Waals surface area contributed by atoms with Gasteiger partial charge >= 0.3 is 0 Å². The summed E-state index contributed by atoms with van der Waals surface area (Å²) in [5.41, 5.74) is 0. The van der Waals surface area contributed by atoms with E-state index in [4.69, 9.17) is 0 Å². The highest BCUT2D eigenvalue weighted by Gasteiger charge is 2.09. The van der Waals surface area contributed by atoms with Gasteiger partial charge in [-0.05, 0) is 25.3 Å². The van der Waals surface area contributed by atoms with Crippen molar-refractivity contribution in [3.05, 3.63) is 0 Å². The molecule has 1 heterocycles. The number of carbonyl (C=O) groups excluding carboxylic acids is 2. The fraction of sp³-hybridized carbons (Fsp3) is 0.867. The van der Waals surface area contributed by atoms with Crippen LogP contribution in [0.15, 0.2) is 0 Å².